The van der Waals surface area contributed by atoms with E-state index >= 15 is 0 Å². The Bertz CT molecular complexity index is 557. The monoisotopic (exact) mass is 322 g/mol. The Balaban J connectivity index is 2.22. The summed E-state index contributed by atoms with van der Waals surface area (Å²) in [5.74, 6) is 0. The Hall–Kier alpha value is -0.330. The van der Waals surface area contributed by atoms with Crippen molar-refractivity contribution in [1.82, 2.24) is 9.62 Å². The van der Waals surface area contributed by atoms with Crippen molar-refractivity contribution in [2.45, 2.75) is 23.8 Å². The molecule has 1 N–H and O–H groups in total. The first kappa shape index (κ1) is 15.1. The van der Waals surface area contributed by atoms with Crippen LogP contribution in [0.4, 0.5) is 0 Å². The summed E-state index contributed by atoms with van der Waals surface area (Å²) in [7, 11) is -2.04. The Morgan fingerprint density at radius 1 is 1.42 bits per heavy atom. The molecule has 1 atom stereocenters. The molecule has 1 aliphatic heterocycles. The van der Waals surface area contributed by atoms with Gasteiger partial charge in [0.05, 0.1) is 5.02 Å². The van der Waals surface area contributed by atoms with Crippen molar-refractivity contribution in [3.63, 3.8) is 0 Å². The average Bonchev–Trinajstić information content (AvgIpc) is 2.85. The van der Waals surface area contributed by atoms with Crippen LogP contribution in [0.2, 0.25) is 10.0 Å². The van der Waals surface area contributed by atoms with Crippen LogP contribution in [0.5, 0.6) is 0 Å². The van der Waals surface area contributed by atoms with E-state index in [-0.39, 0.29) is 16.0 Å². The topological polar surface area (TPSA) is 49.4 Å². The zero-order valence-electron chi connectivity index (χ0n) is 10.6. The van der Waals surface area contributed by atoms with E-state index in [1.807, 2.05) is 0 Å². The number of nitrogens with zero attached hydrogens (tertiary/aromatic N) is 1. The number of hydrogen-bond donors (Lipinski definition) is 1. The second-order valence-electron chi connectivity index (χ2n) is 4.65. The molecule has 19 heavy (non-hydrogen) atoms. The van der Waals surface area contributed by atoms with E-state index < -0.39 is 10.0 Å². The van der Waals surface area contributed by atoms with Crippen LogP contribution in [0, 0.1) is 0 Å². The molecule has 1 heterocycles. The fourth-order valence-electron chi connectivity index (χ4n) is 2.16. The minimum Gasteiger partial charge on any atom is -0.313 e. The van der Waals surface area contributed by atoms with Crippen molar-refractivity contribution in [1.29, 1.82) is 0 Å². The number of rotatable bonds is 4. The Morgan fingerprint density at radius 2 is 2.16 bits per heavy atom. The first-order valence-corrected chi connectivity index (χ1v) is 8.25. The molecule has 0 radical (unpaired) electrons. The zero-order valence-corrected chi connectivity index (χ0v) is 12.9. The number of halogens is 2. The molecule has 1 aromatic carbocycles. The number of benzene rings is 1. The number of hydrogen-bond acceptors (Lipinski definition) is 3. The summed E-state index contributed by atoms with van der Waals surface area (Å²) in [6.45, 7) is 1.38. The van der Waals surface area contributed by atoms with Crippen molar-refractivity contribution in [3.05, 3.63) is 28.2 Å². The van der Waals surface area contributed by atoms with E-state index in [1.165, 1.54) is 16.4 Å². The molecule has 1 aromatic rings. The van der Waals surface area contributed by atoms with Gasteiger partial charge in [0, 0.05) is 24.7 Å². The van der Waals surface area contributed by atoms with Crippen molar-refractivity contribution in [2.24, 2.45) is 0 Å². The van der Waals surface area contributed by atoms with E-state index in [0.29, 0.717) is 11.6 Å². The average molecular weight is 323 g/mol. The van der Waals surface area contributed by atoms with E-state index in [9.17, 15) is 8.42 Å². The summed E-state index contributed by atoms with van der Waals surface area (Å²) >= 11 is 11.8. The molecular weight excluding hydrogens is 307 g/mol. The Kier molecular flexibility index (Phi) is 4.74. The Labute approximate surface area is 123 Å². The second-order valence-corrected chi connectivity index (χ2v) is 7.51. The highest BCUT2D eigenvalue weighted by atomic mass is 35.5. The maximum absolute atomic E-state index is 12.4. The first-order chi connectivity index (χ1) is 8.91. The van der Waals surface area contributed by atoms with Crippen LogP contribution in [-0.2, 0) is 10.0 Å². The highest BCUT2D eigenvalue weighted by molar-refractivity contribution is 7.89. The van der Waals surface area contributed by atoms with Crippen LogP contribution in [0.3, 0.4) is 0 Å². The molecule has 0 aliphatic carbocycles. The molecule has 7 heteroatoms. The SMILES string of the molecule is CN(CC1CCCN1)S(=O)(=O)c1cc(Cl)ccc1Cl. The maximum Gasteiger partial charge on any atom is 0.244 e. The summed E-state index contributed by atoms with van der Waals surface area (Å²) in [5, 5.41) is 3.82. The predicted molar refractivity (Wildman–Crippen MR) is 77.3 cm³/mol. The van der Waals surface area contributed by atoms with Gasteiger partial charge in [0.25, 0.3) is 0 Å². The summed E-state index contributed by atoms with van der Waals surface area (Å²) in [6, 6.07) is 4.66. The van der Waals surface area contributed by atoms with Crippen molar-refractivity contribution >= 4 is 33.2 Å². The smallest absolute Gasteiger partial charge is 0.244 e. The van der Waals surface area contributed by atoms with Gasteiger partial charge in [-0.1, -0.05) is 23.2 Å². The lowest BCUT2D eigenvalue weighted by atomic mass is 10.2. The van der Waals surface area contributed by atoms with Gasteiger partial charge in [-0.25, -0.2) is 8.42 Å². The van der Waals surface area contributed by atoms with Crippen LogP contribution < -0.4 is 5.32 Å². The number of likely N-dealkylation sites (N-methyl/N-ethyl adjacent to an activating group) is 1. The van der Waals surface area contributed by atoms with Crippen molar-refractivity contribution < 1.29 is 8.42 Å². The third kappa shape index (κ3) is 3.41. The van der Waals surface area contributed by atoms with Gasteiger partial charge >= 0.3 is 0 Å². The lowest BCUT2D eigenvalue weighted by molar-refractivity contribution is 0.417. The van der Waals surface area contributed by atoms with Gasteiger partial charge in [-0.15, -0.1) is 0 Å². The highest BCUT2D eigenvalue weighted by Gasteiger charge is 2.27. The van der Waals surface area contributed by atoms with E-state index in [2.05, 4.69) is 5.32 Å². The fourth-order valence-corrected chi connectivity index (χ4v) is 4.11. The molecule has 4 nitrogen and oxygen atoms in total. The fraction of sp³-hybridized carbons (Fsp3) is 0.500. The molecule has 0 aromatic heterocycles. The number of nitrogens with one attached hydrogen (secondary N) is 1. The van der Waals surface area contributed by atoms with Gasteiger partial charge < -0.3 is 5.32 Å². The molecule has 106 valence electrons. The summed E-state index contributed by atoms with van der Waals surface area (Å²) < 4.78 is 26.2. The van der Waals surface area contributed by atoms with Crippen LogP contribution in [0.1, 0.15) is 12.8 Å². The second kappa shape index (κ2) is 5.97. The van der Waals surface area contributed by atoms with Gasteiger partial charge in [0.2, 0.25) is 10.0 Å². The van der Waals surface area contributed by atoms with Gasteiger partial charge in [0.1, 0.15) is 4.90 Å². The van der Waals surface area contributed by atoms with Crippen LogP contribution in [-0.4, -0.2) is 38.9 Å². The third-order valence-corrected chi connectivity index (χ3v) is 5.76. The molecular formula is C12H16Cl2N2O2S. The van der Waals surface area contributed by atoms with E-state index in [0.717, 1.165) is 19.4 Å². The molecule has 1 fully saturated rings. The molecule has 0 amide bonds. The van der Waals surface area contributed by atoms with Gasteiger partial charge in [-0.3, -0.25) is 0 Å². The summed E-state index contributed by atoms with van der Waals surface area (Å²) in [6.07, 6.45) is 2.07. The Morgan fingerprint density at radius 3 is 2.79 bits per heavy atom. The molecule has 1 aliphatic rings. The van der Waals surface area contributed by atoms with Crippen LogP contribution >= 0.6 is 23.2 Å². The highest BCUT2D eigenvalue weighted by Crippen LogP contribution is 2.27. The minimum absolute atomic E-state index is 0.0576. The van der Waals surface area contributed by atoms with Crippen molar-refractivity contribution in [2.75, 3.05) is 20.1 Å². The van der Waals surface area contributed by atoms with Crippen LogP contribution in [0.25, 0.3) is 0 Å². The molecule has 1 unspecified atom stereocenters. The van der Waals surface area contributed by atoms with Gasteiger partial charge in [-0.05, 0) is 37.6 Å². The lowest BCUT2D eigenvalue weighted by Crippen LogP contribution is -2.38. The molecule has 1 saturated heterocycles. The molecule has 0 spiro atoms. The number of sulfonamides is 1. The maximum atomic E-state index is 12.4. The third-order valence-electron chi connectivity index (χ3n) is 3.22. The minimum atomic E-state index is -3.60. The normalized spacial score (nSPS) is 20.1. The van der Waals surface area contributed by atoms with Crippen LogP contribution in [0.15, 0.2) is 23.1 Å². The van der Waals surface area contributed by atoms with E-state index in [1.54, 1.807) is 13.1 Å². The molecule has 0 bridgehead atoms. The van der Waals surface area contributed by atoms with E-state index in [4.69, 9.17) is 23.2 Å². The van der Waals surface area contributed by atoms with Gasteiger partial charge in [-0.2, -0.15) is 4.31 Å². The largest absolute Gasteiger partial charge is 0.313 e. The summed E-state index contributed by atoms with van der Waals surface area (Å²) in [4.78, 5) is 0.0576. The van der Waals surface area contributed by atoms with Crippen molar-refractivity contribution in [3.8, 4) is 0 Å². The summed E-state index contributed by atoms with van der Waals surface area (Å²) in [5.41, 5.74) is 0. The van der Waals surface area contributed by atoms with Gasteiger partial charge in [0.15, 0.2) is 0 Å². The first-order valence-electron chi connectivity index (χ1n) is 6.06. The quantitative estimate of drug-likeness (QED) is 0.925. The molecule has 2 rings (SSSR count). The predicted octanol–water partition coefficient (Wildman–Crippen LogP) is 2.37. The standard InChI is InChI=1S/C12H16Cl2N2O2S/c1-16(8-10-3-2-6-15-10)19(17,18)12-7-9(13)4-5-11(12)14/h4-5,7,10,15H,2-3,6,8H2,1H3. The molecule has 0 saturated carbocycles. The lowest BCUT2D eigenvalue weighted by Gasteiger charge is -2.21. The zero-order chi connectivity index (χ0) is 14.0.